The Labute approximate surface area is 108 Å². The van der Waals surface area contributed by atoms with Crippen molar-refractivity contribution in [2.75, 3.05) is 7.11 Å². The molecule has 0 unspecified atom stereocenters. The van der Waals surface area contributed by atoms with E-state index in [1.54, 1.807) is 19.2 Å². The Morgan fingerprint density at radius 3 is 2.22 bits per heavy atom. The lowest BCUT2D eigenvalue weighted by atomic mass is 9.92. The fraction of sp³-hybridized carbons (Fsp3) is 0.250. The normalized spacial score (nSPS) is 10.7. The van der Waals surface area contributed by atoms with E-state index in [-0.39, 0.29) is 5.75 Å². The van der Waals surface area contributed by atoms with Gasteiger partial charge in [-0.1, -0.05) is 32.0 Å². The van der Waals surface area contributed by atoms with Crippen molar-refractivity contribution in [3.05, 3.63) is 48.0 Å². The predicted octanol–water partition coefficient (Wildman–Crippen LogP) is 4.19. The highest BCUT2D eigenvalue weighted by atomic mass is 16.5. The van der Waals surface area contributed by atoms with E-state index in [0.717, 1.165) is 16.9 Å². The third-order valence-corrected chi connectivity index (χ3v) is 3.06. The van der Waals surface area contributed by atoms with Gasteiger partial charge in [0.05, 0.1) is 7.11 Å². The molecule has 0 amide bonds. The molecule has 0 heterocycles. The molecule has 0 fully saturated rings. The lowest BCUT2D eigenvalue weighted by molar-refractivity contribution is 0.415. The van der Waals surface area contributed by atoms with Gasteiger partial charge in [-0.25, -0.2) is 0 Å². The molecule has 0 atom stereocenters. The van der Waals surface area contributed by atoms with Crippen LogP contribution in [0.4, 0.5) is 0 Å². The van der Waals surface area contributed by atoms with Crippen LogP contribution in [0.3, 0.4) is 0 Å². The van der Waals surface area contributed by atoms with Gasteiger partial charge < -0.3 is 9.84 Å². The van der Waals surface area contributed by atoms with Gasteiger partial charge in [0.2, 0.25) is 0 Å². The lowest BCUT2D eigenvalue weighted by Crippen LogP contribution is -1.94. The number of ether oxygens (including phenoxy) is 1. The summed E-state index contributed by atoms with van der Waals surface area (Å²) < 4.78 is 5.29. The molecule has 2 aromatic rings. The number of aromatic hydroxyl groups is 1. The molecule has 2 heteroatoms. The first-order valence-electron chi connectivity index (χ1n) is 6.09. The minimum atomic E-state index is 0.285. The van der Waals surface area contributed by atoms with E-state index in [2.05, 4.69) is 19.9 Å². The first kappa shape index (κ1) is 12.5. The summed E-state index contributed by atoms with van der Waals surface area (Å²) in [6.45, 7) is 4.34. The Hall–Kier alpha value is -1.96. The molecule has 0 spiro atoms. The third kappa shape index (κ3) is 2.48. The molecule has 0 saturated heterocycles. The van der Waals surface area contributed by atoms with Crippen LogP contribution in [-0.4, -0.2) is 12.2 Å². The van der Waals surface area contributed by atoms with Gasteiger partial charge in [0.25, 0.3) is 0 Å². The highest BCUT2D eigenvalue weighted by molar-refractivity contribution is 5.70. The van der Waals surface area contributed by atoms with Gasteiger partial charge in [-0.15, -0.1) is 0 Å². The van der Waals surface area contributed by atoms with Crippen molar-refractivity contribution in [3.8, 4) is 22.6 Å². The van der Waals surface area contributed by atoms with Crippen molar-refractivity contribution >= 4 is 0 Å². The highest BCUT2D eigenvalue weighted by Crippen LogP contribution is 2.33. The molecule has 0 bridgehead atoms. The molecule has 2 nitrogen and oxygen atoms in total. The van der Waals surface area contributed by atoms with Crippen LogP contribution in [0.15, 0.2) is 42.5 Å². The number of hydrogen-bond acceptors (Lipinski definition) is 2. The summed E-state index contributed by atoms with van der Waals surface area (Å²) in [5.41, 5.74) is 3.53. The van der Waals surface area contributed by atoms with Gasteiger partial charge in [0.15, 0.2) is 0 Å². The molecular weight excluding hydrogens is 224 g/mol. The van der Waals surface area contributed by atoms with E-state index >= 15 is 0 Å². The monoisotopic (exact) mass is 242 g/mol. The lowest BCUT2D eigenvalue weighted by Gasteiger charge is -2.14. The van der Waals surface area contributed by atoms with Crippen molar-refractivity contribution < 1.29 is 9.84 Å². The van der Waals surface area contributed by atoms with E-state index in [9.17, 15) is 5.11 Å². The second kappa shape index (κ2) is 5.13. The van der Waals surface area contributed by atoms with Crippen molar-refractivity contribution in [2.45, 2.75) is 19.8 Å². The second-order valence-corrected chi connectivity index (χ2v) is 4.65. The van der Waals surface area contributed by atoms with Crippen molar-refractivity contribution in [1.29, 1.82) is 0 Å². The van der Waals surface area contributed by atoms with Gasteiger partial charge in [-0.05, 0) is 46.9 Å². The van der Waals surface area contributed by atoms with Gasteiger partial charge in [0, 0.05) is 0 Å². The molecular formula is C16H18O2. The molecule has 2 rings (SSSR count). The van der Waals surface area contributed by atoms with Crippen LogP contribution in [0.1, 0.15) is 25.3 Å². The average molecular weight is 242 g/mol. The van der Waals surface area contributed by atoms with E-state index < -0.39 is 0 Å². The minimum Gasteiger partial charge on any atom is -0.508 e. The molecule has 94 valence electrons. The van der Waals surface area contributed by atoms with Crippen LogP contribution in [0.2, 0.25) is 0 Å². The molecule has 2 aromatic carbocycles. The standard InChI is InChI=1S/C16H18O2/c1-11(2)15-9-8-14(18-3)10-16(15)12-4-6-13(17)7-5-12/h4-11,17H,1-3H3. The Kier molecular flexibility index (Phi) is 3.56. The maximum absolute atomic E-state index is 9.36. The maximum atomic E-state index is 9.36. The summed E-state index contributed by atoms with van der Waals surface area (Å²) in [4.78, 5) is 0. The van der Waals surface area contributed by atoms with Gasteiger partial charge in [-0.2, -0.15) is 0 Å². The average Bonchev–Trinajstić information content (AvgIpc) is 2.38. The summed E-state index contributed by atoms with van der Waals surface area (Å²) in [5.74, 6) is 1.58. The van der Waals surface area contributed by atoms with Crippen LogP contribution in [0.25, 0.3) is 11.1 Å². The summed E-state index contributed by atoms with van der Waals surface area (Å²) in [6, 6.07) is 13.4. The minimum absolute atomic E-state index is 0.285. The predicted molar refractivity (Wildman–Crippen MR) is 74.2 cm³/mol. The quantitative estimate of drug-likeness (QED) is 0.874. The van der Waals surface area contributed by atoms with Crippen LogP contribution >= 0.6 is 0 Å². The molecule has 0 aliphatic heterocycles. The van der Waals surface area contributed by atoms with Crippen molar-refractivity contribution in [1.82, 2.24) is 0 Å². The molecule has 0 aliphatic carbocycles. The van der Waals surface area contributed by atoms with Crippen LogP contribution < -0.4 is 4.74 Å². The largest absolute Gasteiger partial charge is 0.508 e. The second-order valence-electron chi connectivity index (χ2n) is 4.65. The number of benzene rings is 2. The summed E-state index contributed by atoms with van der Waals surface area (Å²) in [6.07, 6.45) is 0. The first-order valence-corrected chi connectivity index (χ1v) is 6.09. The number of rotatable bonds is 3. The zero-order chi connectivity index (χ0) is 13.1. The molecule has 0 aliphatic rings. The number of phenolic OH excluding ortho intramolecular Hbond substituents is 1. The topological polar surface area (TPSA) is 29.5 Å². The smallest absolute Gasteiger partial charge is 0.119 e. The van der Waals surface area contributed by atoms with Gasteiger partial charge in [0.1, 0.15) is 11.5 Å². The summed E-state index contributed by atoms with van der Waals surface area (Å²) >= 11 is 0. The van der Waals surface area contributed by atoms with E-state index in [1.807, 2.05) is 24.3 Å². The van der Waals surface area contributed by atoms with Gasteiger partial charge >= 0.3 is 0 Å². The first-order chi connectivity index (χ1) is 8.61. The zero-order valence-corrected chi connectivity index (χ0v) is 11.0. The zero-order valence-electron chi connectivity index (χ0n) is 11.0. The molecule has 0 saturated carbocycles. The Bertz CT molecular complexity index is 527. The number of hydrogen-bond donors (Lipinski definition) is 1. The maximum Gasteiger partial charge on any atom is 0.119 e. The van der Waals surface area contributed by atoms with Crippen LogP contribution in [-0.2, 0) is 0 Å². The van der Waals surface area contributed by atoms with Crippen molar-refractivity contribution in [2.24, 2.45) is 0 Å². The molecule has 18 heavy (non-hydrogen) atoms. The SMILES string of the molecule is COc1ccc(C(C)C)c(-c2ccc(O)cc2)c1. The molecule has 0 radical (unpaired) electrons. The Morgan fingerprint density at radius 2 is 1.67 bits per heavy atom. The number of phenols is 1. The Morgan fingerprint density at radius 1 is 1.00 bits per heavy atom. The molecule has 0 aromatic heterocycles. The molecule has 1 N–H and O–H groups in total. The summed E-state index contributed by atoms with van der Waals surface area (Å²) in [5, 5.41) is 9.36. The summed E-state index contributed by atoms with van der Waals surface area (Å²) in [7, 11) is 1.67. The fourth-order valence-corrected chi connectivity index (χ4v) is 2.06. The fourth-order valence-electron chi connectivity index (χ4n) is 2.06. The van der Waals surface area contributed by atoms with Crippen LogP contribution in [0, 0.1) is 0 Å². The highest BCUT2D eigenvalue weighted by Gasteiger charge is 2.10. The van der Waals surface area contributed by atoms with E-state index in [0.29, 0.717) is 5.92 Å². The third-order valence-electron chi connectivity index (χ3n) is 3.06. The van der Waals surface area contributed by atoms with E-state index in [1.165, 1.54) is 5.56 Å². The van der Waals surface area contributed by atoms with E-state index in [4.69, 9.17) is 4.74 Å². The van der Waals surface area contributed by atoms with Crippen molar-refractivity contribution in [3.63, 3.8) is 0 Å². The van der Waals surface area contributed by atoms with Gasteiger partial charge in [-0.3, -0.25) is 0 Å². The number of methoxy groups -OCH3 is 1. The Balaban J connectivity index is 2.55. The van der Waals surface area contributed by atoms with Crippen LogP contribution in [0.5, 0.6) is 11.5 Å².